The molecule has 2 aliphatic rings. The van der Waals surface area contributed by atoms with E-state index >= 15 is 0 Å². The van der Waals surface area contributed by atoms with Gasteiger partial charge in [-0.3, -0.25) is 4.90 Å². The molecule has 0 spiro atoms. The molecule has 0 saturated carbocycles. The fraction of sp³-hybridized carbons (Fsp3) is 0.429. The number of benzene rings is 2. The van der Waals surface area contributed by atoms with Crippen LogP contribution in [0.5, 0.6) is 0 Å². The Morgan fingerprint density at radius 2 is 1.64 bits per heavy atom. The second-order valence-corrected chi connectivity index (χ2v) is 10.3. The van der Waals surface area contributed by atoms with Gasteiger partial charge in [-0.25, -0.2) is 8.42 Å². The van der Waals surface area contributed by atoms with Crippen molar-refractivity contribution in [2.45, 2.75) is 36.1 Å². The molecule has 1 fully saturated rings. The third kappa shape index (κ3) is 4.31. The summed E-state index contributed by atoms with van der Waals surface area (Å²) < 4.78 is 28.2. The first kappa shape index (κ1) is 21.8. The van der Waals surface area contributed by atoms with Gasteiger partial charge >= 0.3 is 0 Å². The van der Waals surface area contributed by atoms with Crippen LogP contribution in [-0.2, 0) is 22.8 Å². The molecule has 1 unspecified atom stereocenters. The average molecular weight is 486 g/mol. The predicted molar refractivity (Wildman–Crippen MR) is 119 cm³/mol. The first-order chi connectivity index (χ1) is 13.1. The number of nitrogens with one attached hydrogen (secondary N) is 1. The predicted octanol–water partition coefficient (Wildman–Crippen LogP) is 4.03. The number of fused-ring (bicyclic) bond motifs is 1. The van der Waals surface area contributed by atoms with E-state index in [1.807, 2.05) is 24.3 Å². The number of hydrogen-bond acceptors (Lipinski definition) is 4. The van der Waals surface area contributed by atoms with Crippen LogP contribution in [0.3, 0.4) is 0 Å². The summed E-state index contributed by atoms with van der Waals surface area (Å²) in [5.74, 6) is 0.147. The molecule has 0 bridgehead atoms. The van der Waals surface area contributed by atoms with Crippen LogP contribution in [0.2, 0.25) is 0 Å². The van der Waals surface area contributed by atoms with Crippen molar-refractivity contribution in [3.8, 4) is 0 Å². The Labute approximate surface area is 182 Å². The SMILES string of the molecule is Cl.O=S(=O)(c1ccccc1Br)C(C1CCNCC1)N1CCc2ccccc2C1. The van der Waals surface area contributed by atoms with Crippen molar-refractivity contribution in [1.82, 2.24) is 10.2 Å². The second kappa shape index (κ2) is 9.26. The second-order valence-electron chi connectivity index (χ2n) is 7.44. The van der Waals surface area contributed by atoms with E-state index in [-0.39, 0.29) is 18.3 Å². The van der Waals surface area contributed by atoms with Gasteiger partial charge in [0.2, 0.25) is 0 Å². The van der Waals surface area contributed by atoms with Crippen molar-refractivity contribution in [1.29, 1.82) is 0 Å². The van der Waals surface area contributed by atoms with Crippen LogP contribution in [-0.4, -0.2) is 38.3 Å². The Morgan fingerprint density at radius 3 is 2.36 bits per heavy atom. The van der Waals surface area contributed by atoms with E-state index in [1.165, 1.54) is 11.1 Å². The van der Waals surface area contributed by atoms with E-state index < -0.39 is 15.2 Å². The topological polar surface area (TPSA) is 49.4 Å². The third-order valence-corrected chi connectivity index (χ3v) is 9.01. The largest absolute Gasteiger partial charge is 0.317 e. The highest BCUT2D eigenvalue weighted by molar-refractivity contribution is 9.10. The van der Waals surface area contributed by atoms with Crippen LogP contribution in [0.4, 0.5) is 0 Å². The number of nitrogens with zero attached hydrogens (tertiary/aromatic N) is 1. The molecular weight excluding hydrogens is 460 g/mol. The van der Waals surface area contributed by atoms with Crippen LogP contribution in [0.15, 0.2) is 57.9 Å². The van der Waals surface area contributed by atoms with Gasteiger partial charge in [0.15, 0.2) is 9.84 Å². The maximum atomic E-state index is 13.8. The minimum atomic E-state index is -3.48. The summed E-state index contributed by atoms with van der Waals surface area (Å²) in [6, 6.07) is 15.6. The van der Waals surface area contributed by atoms with Crippen molar-refractivity contribution in [2.75, 3.05) is 19.6 Å². The lowest BCUT2D eigenvalue weighted by Crippen LogP contribution is -2.50. The molecule has 0 radical (unpaired) electrons. The zero-order chi connectivity index (χ0) is 18.9. The molecule has 0 amide bonds. The van der Waals surface area contributed by atoms with E-state index in [0.717, 1.165) is 38.9 Å². The molecule has 2 aromatic carbocycles. The first-order valence-electron chi connectivity index (χ1n) is 9.57. The van der Waals surface area contributed by atoms with Gasteiger partial charge in [0.05, 0.1) is 4.90 Å². The monoisotopic (exact) mass is 484 g/mol. The summed E-state index contributed by atoms with van der Waals surface area (Å²) in [7, 11) is -3.48. The van der Waals surface area contributed by atoms with Gasteiger partial charge < -0.3 is 5.32 Å². The molecule has 1 N–H and O–H groups in total. The quantitative estimate of drug-likeness (QED) is 0.710. The van der Waals surface area contributed by atoms with Crippen molar-refractivity contribution in [3.63, 3.8) is 0 Å². The molecule has 7 heteroatoms. The molecule has 2 aliphatic heterocycles. The normalized spacial score (nSPS) is 19.5. The summed E-state index contributed by atoms with van der Waals surface area (Å²) >= 11 is 3.46. The third-order valence-electron chi connectivity index (χ3n) is 5.77. The smallest absolute Gasteiger partial charge is 0.195 e. The van der Waals surface area contributed by atoms with Crippen LogP contribution in [0.25, 0.3) is 0 Å². The maximum Gasteiger partial charge on any atom is 0.195 e. The number of halogens is 2. The van der Waals surface area contributed by atoms with Crippen LogP contribution in [0, 0.1) is 5.92 Å². The lowest BCUT2D eigenvalue weighted by molar-refractivity contribution is 0.159. The summed E-state index contributed by atoms with van der Waals surface area (Å²) in [5.41, 5.74) is 2.60. The Bertz CT molecular complexity index is 916. The standard InChI is InChI=1S/C21H25BrN2O2S.ClH/c22-19-7-3-4-8-20(19)27(25,26)21(17-9-12-23-13-10-17)24-14-11-16-5-1-2-6-18(16)15-24;/h1-8,17,21,23H,9-15H2;1H. The lowest BCUT2D eigenvalue weighted by Gasteiger charge is -2.40. The van der Waals surface area contributed by atoms with Gasteiger partial charge in [-0.05, 0) is 77.5 Å². The highest BCUT2D eigenvalue weighted by Crippen LogP contribution is 2.35. The van der Waals surface area contributed by atoms with E-state index in [4.69, 9.17) is 0 Å². The fourth-order valence-electron chi connectivity index (χ4n) is 4.42. The van der Waals surface area contributed by atoms with Crippen molar-refractivity contribution >= 4 is 38.2 Å². The highest BCUT2D eigenvalue weighted by Gasteiger charge is 2.41. The van der Waals surface area contributed by atoms with Crippen LogP contribution in [0.1, 0.15) is 24.0 Å². The molecule has 152 valence electrons. The van der Waals surface area contributed by atoms with Crippen molar-refractivity contribution < 1.29 is 8.42 Å². The lowest BCUT2D eigenvalue weighted by atomic mass is 9.94. The van der Waals surface area contributed by atoms with E-state index in [2.05, 4.69) is 44.3 Å². The maximum absolute atomic E-state index is 13.8. The summed E-state index contributed by atoms with van der Waals surface area (Å²) in [6.45, 7) is 3.26. The molecule has 0 aromatic heterocycles. The summed E-state index contributed by atoms with van der Waals surface area (Å²) in [6.07, 6.45) is 2.70. The van der Waals surface area contributed by atoms with Gasteiger partial charge in [-0.15, -0.1) is 12.4 Å². The van der Waals surface area contributed by atoms with Crippen LogP contribution >= 0.6 is 28.3 Å². The van der Waals surface area contributed by atoms with Gasteiger partial charge in [-0.2, -0.15) is 0 Å². The first-order valence-corrected chi connectivity index (χ1v) is 11.9. The molecule has 1 saturated heterocycles. The summed E-state index contributed by atoms with van der Waals surface area (Å²) in [5, 5.41) is 2.89. The number of sulfone groups is 1. The number of rotatable bonds is 4. The van der Waals surface area contributed by atoms with Gasteiger partial charge in [-0.1, -0.05) is 36.4 Å². The zero-order valence-electron chi connectivity index (χ0n) is 15.7. The molecule has 4 nitrogen and oxygen atoms in total. The van der Waals surface area contributed by atoms with E-state index in [0.29, 0.717) is 15.9 Å². The molecule has 2 heterocycles. The molecule has 28 heavy (non-hydrogen) atoms. The van der Waals surface area contributed by atoms with E-state index in [1.54, 1.807) is 6.07 Å². The van der Waals surface area contributed by atoms with Gasteiger partial charge in [0.1, 0.15) is 5.37 Å². The molecule has 0 aliphatic carbocycles. The van der Waals surface area contributed by atoms with Gasteiger partial charge in [0.25, 0.3) is 0 Å². The Balaban J connectivity index is 0.00000225. The fourth-order valence-corrected chi connectivity index (χ4v) is 7.60. The minimum Gasteiger partial charge on any atom is -0.317 e. The van der Waals surface area contributed by atoms with E-state index in [9.17, 15) is 8.42 Å². The van der Waals surface area contributed by atoms with Crippen LogP contribution < -0.4 is 5.32 Å². The molecule has 1 atom stereocenters. The summed E-state index contributed by atoms with van der Waals surface area (Å²) in [4.78, 5) is 2.61. The molecule has 2 aromatic rings. The van der Waals surface area contributed by atoms with Crippen molar-refractivity contribution in [3.05, 3.63) is 64.1 Å². The van der Waals surface area contributed by atoms with Crippen molar-refractivity contribution in [2.24, 2.45) is 5.92 Å². The molecular formula is C21H26BrClN2O2S. The Kier molecular flexibility index (Phi) is 7.21. The molecule has 4 rings (SSSR count). The number of hydrogen-bond donors (Lipinski definition) is 1. The Hall–Kier alpha value is -0.920. The van der Waals surface area contributed by atoms with Gasteiger partial charge in [0, 0.05) is 17.6 Å². The zero-order valence-corrected chi connectivity index (χ0v) is 18.9. The minimum absolute atomic E-state index is 0. The number of piperidine rings is 1. The highest BCUT2D eigenvalue weighted by atomic mass is 79.9. The Morgan fingerprint density at radius 1 is 1.00 bits per heavy atom. The average Bonchev–Trinajstić information content (AvgIpc) is 2.69.